The SMILES string of the molecule is CCOc1ccc(NCc2cc(C)ccc2O)cc1. The minimum atomic E-state index is 0.323. The van der Waals surface area contributed by atoms with Gasteiger partial charge in [0.2, 0.25) is 0 Å². The summed E-state index contributed by atoms with van der Waals surface area (Å²) in [6, 6.07) is 13.4. The van der Waals surface area contributed by atoms with Gasteiger partial charge in [0.1, 0.15) is 11.5 Å². The van der Waals surface area contributed by atoms with E-state index in [0.29, 0.717) is 18.9 Å². The molecule has 0 aliphatic rings. The minimum Gasteiger partial charge on any atom is -0.508 e. The topological polar surface area (TPSA) is 41.5 Å². The molecular weight excluding hydrogens is 238 g/mol. The Bertz CT molecular complexity index is 535. The summed E-state index contributed by atoms with van der Waals surface area (Å²) >= 11 is 0. The van der Waals surface area contributed by atoms with Gasteiger partial charge in [-0.1, -0.05) is 17.7 Å². The summed E-state index contributed by atoms with van der Waals surface area (Å²) in [6.07, 6.45) is 0. The maximum absolute atomic E-state index is 9.77. The van der Waals surface area contributed by atoms with Gasteiger partial charge in [-0.2, -0.15) is 0 Å². The number of hydrogen-bond donors (Lipinski definition) is 2. The second-order valence-electron chi connectivity index (χ2n) is 4.44. The molecule has 0 amide bonds. The number of anilines is 1. The van der Waals surface area contributed by atoms with Crippen LogP contribution in [0.3, 0.4) is 0 Å². The van der Waals surface area contributed by atoms with Crippen molar-refractivity contribution in [2.45, 2.75) is 20.4 Å². The van der Waals surface area contributed by atoms with Crippen molar-refractivity contribution in [1.29, 1.82) is 0 Å². The van der Waals surface area contributed by atoms with Crippen molar-refractivity contribution < 1.29 is 9.84 Å². The summed E-state index contributed by atoms with van der Waals surface area (Å²) in [6.45, 7) is 5.25. The molecule has 2 aromatic carbocycles. The first kappa shape index (κ1) is 13.3. The zero-order chi connectivity index (χ0) is 13.7. The second kappa shape index (κ2) is 6.14. The van der Waals surface area contributed by atoms with Gasteiger partial charge in [0.25, 0.3) is 0 Å². The fourth-order valence-corrected chi connectivity index (χ4v) is 1.89. The summed E-state index contributed by atoms with van der Waals surface area (Å²) in [7, 11) is 0. The highest BCUT2D eigenvalue weighted by atomic mass is 16.5. The molecule has 0 saturated heterocycles. The van der Waals surface area contributed by atoms with Gasteiger partial charge in [0.05, 0.1) is 6.61 Å². The average Bonchev–Trinajstić information content (AvgIpc) is 2.42. The quantitative estimate of drug-likeness (QED) is 0.858. The third-order valence-corrected chi connectivity index (χ3v) is 2.88. The van der Waals surface area contributed by atoms with Gasteiger partial charge in [-0.25, -0.2) is 0 Å². The van der Waals surface area contributed by atoms with E-state index in [9.17, 15) is 5.11 Å². The molecule has 0 saturated carbocycles. The lowest BCUT2D eigenvalue weighted by atomic mass is 10.1. The minimum absolute atomic E-state index is 0.323. The Labute approximate surface area is 113 Å². The number of nitrogens with one attached hydrogen (secondary N) is 1. The molecule has 3 heteroatoms. The molecule has 0 spiro atoms. The maximum atomic E-state index is 9.77. The number of phenols is 1. The molecule has 0 fully saturated rings. The van der Waals surface area contributed by atoms with Crippen molar-refractivity contribution in [3.05, 3.63) is 53.6 Å². The fraction of sp³-hybridized carbons (Fsp3) is 0.250. The Kier molecular flexibility index (Phi) is 4.29. The first-order valence-electron chi connectivity index (χ1n) is 6.44. The Balaban J connectivity index is 2.00. The van der Waals surface area contributed by atoms with Crippen molar-refractivity contribution in [2.24, 2.45) is 0 Å². The first-order chi connectivity index (χ1) is 9.19. The predicted molar refractivity (Wildman–Crippen MR) is 77.8 cm³/mol. The van der Waals surface area contributed by atoms with Crippen LogP contribution in [0.4, 0.5) is 5.69 Å². The van der Waals surface area contributed by atoms with Crippen LogP contribution in [0.5, 0.6) is 11.5 Å². The summed E-state index contributed by atoms with van der Waals surface area (Å²) in [4.78, 5) is 0. The van der Waals surface area contributed by atoms with E-state index >= 15 is 0 Å². The monoisotopic (exact) mass is 257 g/mol. The molecule has 2 rings (SSSR count). The third kappa shape index (κ3) is 3.65. The largest absolute Gasteiger partial charge is 0.508 e. The van der Waals surface area contributed by atoms with Gasteiger partial charge in [-0.3, -0.25) is 0 Å². The van der Waals surface area contributed by atoms with Gasteiger partial charge < -0.3 is 15.2 Å². The summed E-state index contributed by atoms with van der Waals surface area (Å²) in [5.74, 6) is 1.19. The van der Waals surface area contributed by atoms with E-state index in [4.69, 9.17) is 4.74 Å². The van der Waals surface area contributed by atoms with Crippen LogP contribution in [-0.4, -0.2) is 11.7 Å². The van der Waals surface area contributed by atoms with Crippen molar-refractivity contribution in [3.8, 4) is 11.5 Å². The van der Waals surface area contributed by atoms with Gasteiger partial charge >= 0.3 is 0 Å². The molecule has 0 unspecified atom stereocenters. The van der Waals surface area contributed by atoms with Crippen LogP contribution in [0.25, 0.3) is 0 Å². The van der Waals surface area contributed by atoms with Crippen molar-refractivity contribution in [3.63, 3.8) is 0 Å². The Morgan fingerprint density at radius 3 is 2.53 bits per heavy atom. The van der Waals surface area contributed by atoms with E-state index in [2.05, 4.69) is 5.32 Å². The zero-order valence-electron chi connectivity index (χ0n) is 11.3. The number of phenolic OH excluding ortho intramolecular Hbond substituents is 1. The molecular formula is C16H19NO2. The number of hydrogen-bond acceptors (Lipinski definition) is 3. The molecule has 0 aliphatic heterocycles. The Morgan fingerprint density at radius 2 is 1.84 bits per heavy atom. The highest BCUT2D eigenvalue weighted by molar-refractivity contribution is 5.48. The van der Waals surface area contributed by atoms with Crippen LogP contribution in [0.2, 0.25) is 0 Å². The van der Waals surface area contributed by atoms with E-state index < -0.39 is 0 Å². The van der Waals surface area contributed by atoms with E-state index in [-0.39, 0.29) is 0 Å². The van der Waals surface area contributed by atoms with Crippen molar-refractivity contribution in [2.75, 3.05) is 11.9 Å². The highest BCUT2D eigenvalue weighted by Crippen LogP contribution is 2.21. The summed E-state index contributed by atoms with van der Waals surface area (Å²) in [5.41, 5.74) is 3.04. The molecule has 0 radical (unpaired) electrons. The van der Waals surface area contributed by atoms with Crippen molar-refractivity contribution >= 4 is 5.69 Å². The standard InChI is InChI=1S/C16H19NO2/c1-3-19-15-7-5-14(6-8-15)17-11-13-10-12(2)4-9-16(13)18/h4-10,17-18H,3,11H2,1-2H3. The molecule has 0 heterocycles. The molecule has 0 aromatic heterocycles. The summed E-state index contributed by atoms with van der Waals surface area (Å²) in [5, 5.41) is 13.0. The van der Waals surface area contributed by atoms with Gasteiger partial charge in [0.15, 0.2) is 0 Å². The maximum Gasteiger partial charge on any atom is 0.120 e. The number of benzene rings is 2. The molecule has 2 N–H and O–H groups in total. The first-order valence-corrected chi connectivity index (χ1v) is 6.44. The van der Waals surface area contributed by atoms with E-state index in [1.165, 1.54) is 0 Å². The molecule has 3 nitrogen and oxygen atoms in total. The predicted octanol–water partition coefficient (Wildman–Crippen LogP) is 3.71. The Morgan fingerprint density at radius 1 is 1.11 bits per heavy atom. The second-order valence-corrected chi connectivity index (χ2v) is 4.44. The van der Waals surface area contributed by atoms with Gasteiger partial charge in [0, 0.05) is 17.8 Å². The van der Waals surface area contributed by atoms with E-state index in [1.54, 1.807) is 6.07 Å². The third-order valence-electron chi connectivity index (χ3n) is 2.88. The lowest BCUT2D eigenvalue weighted by Gasteiger charge is -2.10. The van der Waals surface area contributed by atoms with Gasteiger partial charge in [-0.15, -0.1) is 0 Å². The van der Waals surface area contributed by atoms with Crippen LogP contribution >= 0.6 is 0 Å². The molecule has 19 heavy (non-hydrogen) atoms. The van der Waals surface area contributed by atoms with E-state index in [0.717, 1.165) is 22.6 Å². The lowest BCUT2D eigenvalue weighted by molar-refractivity contribution is 0.340. The highest BCUT2D eigenvalue weighted by Gasteiger charge is 2.01. The average molecular weight is 257 g/mol. The number of aryl methyl sites for hydroxylation is 1. The number of rotatable bonds is 5. The zero-order valence-corrected chi connectivity index (χ0v) is 11.3. The lowest BCUT2D eigenvalue weighted by Crippen LogP contribution is -2.00. The van der Waals surface area contributed by atoms with Gasteiger partial charge in [-0.05, 0) is 44.2 Å². The van der Waals surface area contributed by atoms with E-state index in [1.807, 2.05) is 50.2 Å². The fourth-order valence-electron chi connectivity index (χ4n) is 1.89. The Hall–Kier alpha value is -2.16. The molecule has 2 aromatic rings. The van der Waals surface area contributed by atoms with Crippen LogP contribution in [0.1, 0.15) is 18.1 Å². The van der Waals surface area contributed by atoms with Crippen LogP contribution in [0.15, 0.2) is 42.5 Å². The molecule has 100 valence electrons. The summed E-state index contributed by atoms with van der Waals surface area (Å²) < 4.78 is 5.39. The van der Waals surface area contributed by atoms with Crippen LogP contribution in [-0.2, 0) is 6.54 Å². The molecule has 0 bridgehead atoms. The number of ether oxygens (including phenoxy) is 1. The smallest absolute Gasteiger partial charge is 0.120 e. The normalized spacial score (nSPS) is 10.2. The van der Waals surface area contributed by atoms with Crippen molar-refractivity contribution in [1.82, 2.24) is 0 Å². The molecule has 0 aliphatic carbocycles. The van der Waals surface area contributed by atoms with Crippen LogP contribution < -0.4 is 10.1 Å². The van der Waals surface area contributed by atoms with Crippen LogP contribution in [0, 0.1) is 6.92 Å². The number of aromatic hydroxyl groups is 1. The molecule has 0 atom stereocenters.